The average molecular weight is 264 g/mol. The molecule has 0 radical (unpaired) electrons. The number of nitrogens with one attached hydrogen (secondary N) is 1. The highest BCUT2D eigenvalue weighted by Crippen LogP contribution is 2.24. The normalized spacial score (nSPS) is 10.1. The third-order valence-corrected chi connectivity index (χ3v) is 2.41. The third-order valence-electron chi connectivity index (χ3n) is 2.41. The van der Waals surface area contributed by atoms with Crippen molar-refractivity contribution in [2.24, 2.45) is 0 Å². The highest BCUT2D eigenvalue weighted by atomic mass is 19.1. The van der Waals surface area contributed by atoms with Crippen LogP contribution in [-0.4, -0.2) is 29.2 Å². The quantitative estimate of drug-likeness (QED) is 0.828. The highest BCUT2D eigenvalue weighted by molar-refractivity contribution is 5.40. The van der Waals surface area contributed by atoms with Crippen LogP contribution in [-0.2, 0) is 6.54 Å². The van der Waals surface area contributed by atoms with Crippen LogP contribution < -0.4 is 14.8 Å². The Morgan fingerprint density at radius 1 is 1.16 bits per heavy atom. The van der Waals surface area contributed by atoms with Crippen molar-refractivity contribution in [3.63, 3.8) is 0 Å². The van der Waals surface area contributed by atoms with E-state index in [2.05, 4.69) is 20.3 Å². The Labute approximate surface area is 109 Å². The van der Waals surface area contributed by atoms with E-state index in [9.17, 15) is 4.39 Å². The second-order valence-corrected chi connectivity index (χ2v) is 3.57. The maximum Gasteiger partial charge on any atom is 0.225 e. The largest absolute Gasteiger partial charge is 0.481 e. The summed E-state index contributed by atoms with van der Waals surface area (Å²) in [6.45, 7) is 0.309. The Morgan fingerprint density at radius 2 is 1.84 bits per heavy atom. The molecule has 1 N–H and O–H groups in total. The van der Waals surface area contributed by atoms with Crippen LogP contribution in [0.15, 0.2) is 24.5 Å². The lowest BCUT2D eigenvalue weighted by molar-refractivity contribution is 0.363. The molecule has 0 bridgehead atoms. The van der Waals surface area contributed by atoms with Gasteiger partial charge >= 0.3 is 0 Å². The third kappa shape index (κ3) is 3.06. The van der Waals surface area contributed by atoms with Crippen molar-refractivity contribution in [2.75, 3.05) is 19.5 Å². The number of hydrogen-bond donors (Lipinski definition) is 1. The fraction of sp³-hybridized carbons (Fsp3) is 0.250. The Balaban J connectivity index is 2.19. The van der Waals surface area contributed by atoms with Crippen molar-refractivity contribution in [1.82, 2.24) is 15.0 Å². The van der Waals surface area contributed by atoms with E-state index < -0.39 is 5.95 Å². The van der Waals surface area contributed by atoms with Gasteiger partial charge in [-0.3, -0.25) is 0 Å². The minimum atomic E-state index is -0.548. The van der Waals surface area contributed by atoms with Crippen LogP contribution in [0.25, 0.3) is 0 Å². The highest BCUT2D eigenvalue weighted by Gasteiger charge is 2.12. The van der Waals surface area contributed by atoms with Gasteiger partial charge in [0.15, 0.2) is 0 Å². The summed E-state index contributed by atoms with van der Waals surface area (Å²) in [4.78, 5) is 11.7. The molecule has 100 valence electrons. The van der Waals surface area contributed by atoms with E-state index in [-0.39, 0.29) is 0 Å². The number of aromatic nitrogens is 3. The van der Waals surface area contributed by atoms with Crippen LogP contribution in [0.2, 0.25) is 0 Å². The van der Waals surface area contributed by atoms with E-state index in [1.54, 1.807) is 12.1 Å². The van der Waals surface area contributed by atoms with E-state index in [0.29, 0.717) is 29.7 Å². The molecule has 0 unspecified atom stereocenters. The minimum Gasteiger partial charge on any atom is -0.481 e. The number of anilines is 1. The number of pyridine rings is 1. The Kier molecular flexibility index (Phi) is 4.07. The van der Waals surface area contributed by atoms with E-state index in [0.717, 1.165) is 0 Å². The summed E-state index contributed by atoms with van der Waals surface area (Å²) in [7, 11) is 3.01. The van der Waals surface area contributed by atoms with Gasteiger partial charge in [0.1, 0.15) is 12.1 Å². The van der Waals surface area contributed by atoms with Gasteiger partial charge in [0.25, 0.3) is 0 Å². The van der Waals surface area contributed by atoms with Crippen molar-refractivity contribution in [2.45, 2.75) is 6.54 Å². The maximum atomic E-state index is 13.0. The van der Waals surface area contributed by atoms with Crippen molar-refractivity contribution >= 4 is 5.82 Å². The van der Waals surface area contributed by atoms with Gasteiger partial charge in [0.2, 0.25) is 17.7 Å². The van der Waals surface area contributed by atoms with Crippen LogP contribution in [0.4, 0.5) is 10.2 Å². The second-order valence-electron chi connectivity index (χ2n) is 3.57. The number of rotatable bonds is 5. The molecule has 19 heavy (non-hydrogen) atoms. The van der Waals surface area contributed by atoms with Crippen LogP contribution in [0.5, 0.6) is 11.8 Å². The summed E-state index contributed by atoms with van der Waals surface area (Å²) >= 11 is 0. The molecule has 0 saturated heterocycles. The standard InChI is InChI=1S/C12H13FN4O2/c1-18-11-8(12(19-2)16-7-15-11)6-14-10-5-3-4-9(13)17-10/h3-5,7H,6H2,1-2H3,(H,14,17). The lowest BCUT2D eigenvalue weighted by Crippen LogP contribution is -2.07. The van der Waals surface area contributed by atoms with Gasteiger partial charge in [0.05, 0.1) is 26.3 Å². The molecule has 2 heterocycles. The summed E-state index contributed by atoms with van der Waals surface area (Å²) in [6.07, 6.45) is 1.35. The van der Waals surface area contributed by atoms with Gasteiger partial charge in [-0.15, -0.1) is 0 Å². The number of halogens is 1. The zero-order chi connectivity index (χ0) is 13.7. The fourth-order valence-corrected chi connectivity index (χ4v) is 1.57. The van der Waals surface area contributed by atoms with Gasteiger partial charge in [-0.2, -0.15) is 4.39 Å². The predicted molar refractivity (Wildman–Crippen MR) is 66.7 cm³/mol. The molecule has 2 aromatic rings. The zero-order valence-electron chi connectivity index (χ0n) is 10.6. The zero-order valence-corrected chi connectivity index (χ0v) is 10.6. The van der Waals surface area contributed by atoms with Gasteiger partial charge < -0.3 is 14.8 Å². The minimum absolute atomic E-state index is 0.309. The smallest absolute Gasteiger partial charge is 0.225 e. The lowest BCUT2D eigenvalue weighted by Gasteiger charge is -2.11. The van der Waals surface area contributed by atoms with E-state index in [1.165, 1.54) is 26.6 Å². The van der Waals surface area contributed by atoms with Gasteiger partial charge in [0, 0.05) is 0 Å². The first kappa shape index (κ1) is 13.0. The molecule has 2 aromatic heterocycles. The van der Waals surface area contributed by atoms with Crippen molar-refractivity contribution in [1.29, 1.82) is 0 Å². The van der Waals surface area contributed by atoms with E-state index in [1.807, 2.05) is 0 Å². The fourth-order valence-electron chi connectivity index (χ4n) is 1.57. The molecule has 0 spiro atoms. The Bertz CT molecular complexity index is 543. The molecular formula is C12H13FN4O2. The van der Waals surface area contributed by atoms with Crippen molar-refractivity contribution in [3.8, 4) is 11.8 Å². The molecule has 0 aromatic carbocycles. The van der Waals surface area contributed by atoms with Crippen LogP contribution in [0.3, 0.4) is 0 Å². The van der Waals surface area contributed by atoms with Gasteiger partial charge in [-0.1, -0.05) is 6.07 Å². The summed E-state index contributed by atoms with van der Waals surface area (Å²) in [5, 5.41) is 2.96. The molecule has 6 nitrogen and oxygen atoms in total. The summed E-state index contributed by atoms with van der Waals surface area (Å²) in [6, 6.07) is 4.50. The molecule has 0 fully saturated rings. The van der Waals surface area contributed by atoms with Crippen LogP contribution >= 0.6 is 0 Å². The van der Waals surface area contributed by atoms with E-state index >= 15 is 0 Å². The summed E-state index contributed by atoms with van der Waals surface area (Å²) < 4.78 is 23.2. The van der Waals surface area contributed by atoms with Crippen molar-refractivity contribution < 1.29 is 13.9 Å². The lowest BCUT2D eigenvalue weighted by atomic mass is 10.3. The first-order chi connectivity index (χ1) is 9.24. The van der Waals surface area contributed by atoms with Crippen LogP contribution in [0, 0.1) is 5.95 Å². The molecule has 0 aliphatic rings. The number of methoxy groups -OCH3 is 2. The Hall–Kier alpha value is -2.44. The molecule has 0 amide bonds. The molecule has 0 saturated carbocycles. The molecular weight excluding hydrogens is 251 g/mol. The topological polar surface area (TPSA) is 69.2 Å². The molecule has 0 aliphatic carbocycles. The second kappa shape index (κ2) is 5.94. The predicted octanol–water partition coefficient (Wildman–Crippen LogP) is 1.64. The number of hydrogen-bond acceptors (Lipinski definition) is 6. The molecule has 0 atom stereocenters. The summed E-state index contributed by atoms with van der Waals surface area (Å²) in [5.41, 5.74) is 0.638. The molecule has 7 heteroatoms. The van der Waals surface area contributed by atoms with E-state index in [4.69, 9.17) is 9.47 Å². The van der Waals surface area contributed by atoms with Gasteiger partial charge in [-0.25, -0.2) is 15.0 Å². The van der Waals surface area contributed by atoms with Crippen molar-refractivity contribution in [3.05, 3.63) is 36.0 Å². The molecule has 0 aliphatic heterocycles. The number of nitrogens with zero attached hydrogens (tertiary/aromatic N) is 3. The van der Waals surface area contributed by atoms with Crippen LogP contribution in [0.1, 0.15) is 5.56 Å². The Morgan fingerprint density at radius 3 is 2.42 bits per heavy atom. The SMILES string of the molecule is COc1ncnc(OC)c1CNc1cccc(F)n1. The first-order valence-corrected chi connectivity index (χ1v) is 5.53. The molecule has 2 rings (SSSR count). The van der Waals surface area contributed by atoms with Gasteiger partial charge in [-0.05, 0) is 12.1 Å². The summed E-state index contributed by atoms with van der Waals surface area (Å²) in [5.74, 6) is 0.660. The maximum absolute atomic E-state index is 13.0. The number of ether oxygens (including phenoxy) is 2. The average Bonchev–Trinajstić information content (AvgIpc) is 2.44. The monoisotopic (exact) mass is 264 g/mol. The first-order valence-electron chi connectivity index (χ1n) is 5.53.